The number of amides is 2. The molecule has 0 aliphatic carbocycles. The maximum absolute atomic E-state index is 11.9. The SMILES string of the molecule is Cc1ccc(C)c(OCC(=O)NNC(=O)CCc2ncc(-c3ccccc3)o2)c1. The second-order valence-corrected chi connectivity index (χ2v) is 6.64. The number of oxazole rings is 1. The molecule has 0 saturated carbocycles. The van der Waals surface area contributed by atoms with Crippen molar-refractivity contribution >= 4 is 11.8 Å². The average Bonchev–Trinajstić information content (AvgIpc) is 3.21. The summed E-state index contributed by atoms with van der Waals surface area (Å²) in [6.07, 6.45) is 2.09. The van der Waals surface area contributed by atoms with Crippen LogP contribution in [0, 0.1) is 13.8 Å². The Hall–Kier alpha value is -3.61. The Bertz CT molecular complexity index is 983. The molecular weight excluding hydrogens is 370 g/mol. The van der Waals surface area contributed by atoms with Gasteiger partial charge in [-0.15, -0.1) is 0 Å². The Morgan fingerprint density at radius 2 is 1.79 bits per heavy atom. The smallest absolute Gasteiger partial charge is 0.276 e. The van der Waals surface area contributed by atoms with Crippen molar-refractivity contribution in [1.29, 1.82) is 0 Å². The van der Waals surface area contributed by atoms with E-state index in [0.29, 0.717) is 23.8 Å². The molecule has 29 heavy (non-hydrogen) atoms. The first-order valence-corrected chi connectivity index (χ1v) is 9.29. The molecule has 0 unspecified atom stereocenters. The van der Waals surface area contributed by atoms with E-state index >= 15 is 0 Å². The van der Waals surface area contributed by atoms with Gasteiger partial charge in [-0.05, 0) is 31.0 Å². The minimum atomic E-state index is -0.443. The zero-order chi connectivity index (χ0) is 20.6. The molecule has 7 heteroatoms. The van der Waals surface area contributed by atoms with Crippen LogP contribution in [0.2, 0.25) is 0 Å². The van der Waals surface area contributed by atoms with E-state index in [-0.39, 0.29) is 18.9 Å². The second kappa shape index (κ2) is 9.54. The molecule has 2 aromatic carbocycles. The number of ether oxygens (including phenoxy) is 1. The number of carbonyl (C=O) groups is 2. The number of aromatic nitrogens is 1. The molecule has 0 spiro atoms. The van der Waals surface area contributed by atoms with Crippen LogP contribution in [0.1, 0.15) is 23.4 Å². The van der Waals surface area contributed by atoms with Crippen molar-refractivity contribution in [3.63, 3.8) is 0 Å². The van der Waals surface area contributed by atoms with Gasteiger partial charge in [0.15, 0.2) is 18.3 Å². The molecule has 0 saturated heterocycles. The van der Waals surface area contributed by atoms with E-state index in [1.54, 1.807) is 6.20 Å². The molecule has 0 aliphatic heterocycles. The molecular formula is C22H23N3O4. The van der Waals surface area contributed by atoms with Crippen LogP contribution in [0.15, 0.2) is 59.1 Å². The maximum atomic E-state index is 11.9. The molecule has 2 N–H and O–H groups in total. The average molecular weight is 393 g/mol. The van der Waals surface area contributed by atoms with Gasteiger partial charge in [0.2, 0.25) is 5.91 Å². The van der Waals surface area contributed by atoms with Gasteiger partial charge in [0.1, 0.15) is 5.75 Å². The van der Waals surface area contributed by atoms with E-state index in [4.69, 9.17) is 9.15 Å². The molecule has 2 amide bonds. The van der Waals surface area contributed by atoms with Gasteiger partial charge >= 0.3 is 0 Å². The van der Waals surface area contributed by atoms with Crippen LogP contribution in [0.5, 0.6) is 5.75 Å². The molecule has 7 nitrogen and oxygen atoms in total. The van der Waals surface area contributed by atoms with Crippen molar-refractivity contribution in [1.82, 2.24) is 15.8 Å². The fraction of sp³-hybridized carbons (Fsp3) is 0.227. The van der Waals surface area contributed by atoms with E-state index in [0.717, 1.165) is 16.7 Å². The summed E-state index contributed by atoms with van der Waals surface area (Å²) < 4.78 is 11.2. The number of benzene rings is 2. The van der Waals surface area contributed by atoms with Crippen LogP contribution in [-0.4, -0.2) is 23.4 Å². The maximum Gasteiger partial charge on any atom is 0.276 e. The summed E-state index contributed by atoms with van der Waals surface area (Å²) in [6.45, 7) is 3.66. The zero-order valence-electron chi connectivity index (χ0n) is 16.4. The minimum absolute atomic E-state index is 0.132. The normalized spacial score (nSPS) is 10.4. The quantitative estimate of drug-likeness (QED) is 0.602. The predicted molar refractivity (Wildman–Crippen MR) is 108 cm³/mol. The van der Waals surface area contributed by atoms with Gasteiger partial charge in [0, 0.05) is 18.4 Å². The Morgan fingerprint density at radius 1 is 1.03 bits per heavy atom. The van der Waals surface area contributed by atoms with Crippen molar-refractivity contribution in [2.24, 2.45) is 0 Å². The van der Waals surface area contributed by atoms with Crippen molar-refractivity contribution in [2.45, 2.75) is 26.7 Å². The lowest BCUT2D eigenvalue weighted by Crippen LogP contribution is -2.43. The summed E-state index contributed by atoms with van der Waals surface area (Å²) in [4.78, 5) is 28.0. The summed E-state index contributed by atoms with van der Waals surface area (Å²) in [7, 11) is 0. The number of nitrogens with one attached hydrogen (secondary N) is 2. The number of rotatable bonds is 7. The number of hydrogen-bond acceptors (Lipinski definition) is 5. The number of hydrogen-bond donors (Lipinski definition) is 2. The highest BCUT2D eigenvalue weighted by atomic mass is 16.5. The predicted octanol–water partition coefficient (Wildman–Crippen LogP) is 3.12. The van der Waals surface area contributed by atoms with Crippen molar-refractivity contribution < 1.29 is 18.7 Å². The molecule has 1 aromatic heterocycles. The monoisotopic (exact) mass is 393 g/mol. The Balaban J connectivity index is 1.39. The van der Waals surface area contributed by atoms with Gasteiger partial charge < -0.3 is 9.15 Å². The van der Waals surface area contributed by atoms with E-state index in [1.165, 1.54) is 0 Å². The molecule has 3 rings (SSSR count). The standard InChI is InChI=1S/C22H23N3O4/c1-15-8-9-16(2)18(12-15)28-14-21(27)25-24-20(26)10-11-22-23-13-19(29-22)17-6-4-3-5-7-17/h3-9,12-13H,10-11,14H2,1-2H3,(H,24,26)(H,25,27). The number of nitrogens with zero attached hydrogens (tertiary/aromatic N) is 1. The fourth-order valence-electron chi connectivity index (χ4n) is 2.63. The first-order chi connectivity index (χ1) is 14.0. The Labute approximate surface area is 169 Å². The van der Waals surface area contributed by atoms with Gasteiger partial charge in [0.05, 0.1) is 6.20 Å². The first-order valence-electron chi connectivity index (χ1n) is 9.29. The summed E-state index contributed by atoms with van der Waals surface area (Å²) in [5, 5.41) is 0. The molecule has 0 atom stereocenters. The van der Waals surface area contributed by atoms with E-state index in [2.05, 4.69) is 15.8 Å². The van der Waals surface area contributed by atoms with Gasteiger partial charge in [0.25, 0.3) is 5.91 Å². The van der Waals surface area contributed by atoms with E-state index in [9.17, 15) is 9.59 Å². The highest BCUT2D eigenvalue weighted by molar-refractivity contribution is 5.82. The zero-order valence-corrected chi connectivity index (χ0v) is 16.4. The molecule has 150 valence electrons. The van der Waals surface area contributed by atoms with Gasteiger partial charge in [-0.25, -0.2) is 4.98 Å². The fourth-order valence-corrected chi connectivity index (χ4v) is 2.63. The number of carbonyl (C=O) groups excluding carboxylic acids is 2. The third-order valence-corrected chi connectivity index (χ3v) is 4.22. The van der Waals surface area contributed by atoms with Crippen LogP contribution >= 0.6 is 0 Å². The summed E-state index contributed by atoms with van der Waals surface area (Å²) >= 11 is 0. The summed E-state index contributed by atoms with van der Waals surface area (Å²) in [6, 6.07) is 15.4. The third-order valence-electron chi connectivity index (χ3n) is 4.22. The summed E-state index contributed by atoms with van der Waals surface area (Å²) in [5.41, 5.74) is 7.61. The van der Waals surface area contributed by atoms with E-state index in [1.807, 2.05) is 62.4 Å². The van der Waals surface area contributed by atoms with Gasteiger partial charge in [-0.2, -0.15) is 0 Å². The second-order valence-electron chi connectivity index (χ2n) is 6.64. The topological polar surface area (TPSA) is 93.5 Å². The van der Waals surface area contributed by atoms with Crippen LogP contribution < -0.4 is 15.6 Å². The largest absolute Gasteiger partial charge is 0.483 e. The van der Waals surface area contributed by atoms with Crippen LogP contribution in [0.3, 0.4) is 0 Å². The molecule has 3 aromatic rings. The molecule has 0 bridgehead atoms. The van der Waals surface area contributed by atoms with Crippen molar-refractivity contribution in [2.75, 3.05) is 6.61 Å². The lowest BCUT2D eigenvalue weighted by atomic mass is 10.1. The van der Waals surface area contributed by atoms with Gasteiger partial charge in [-0.3, -0.25) is 20.4 Å². The minimum Gasteiger partial charge on any atom is -0.483 e. The van der Waals surface area contributed by atoms with Crippen LogP contribution in [0.25, 0.3) is 11.3 Å². The lowest BCUT2D eigenvalue weighted by molar-refractivity contribution is -0.130. The highest BCUT2D eigenvalue weighted by Crippen LogP contribution is 2.20. The lowest BCUT2D eigenvalue weighted by Gasteiger charge is -2.10. The first kappa shape index (κ1) is 20.1. The van der Waals surface area contributed by atoms with Crippen LogP contribution in [-0.2, 0) is 16.0 Å². The highest BCUT2D eigenvalue weighted by Gasteiger charge is 2.10. The Morgan fingerprint density at radius 3 is 2.59 bits per heavy atom. The van der Waals surface area contributed by atoms with Gasteiger partial charge in [-0.1, -0.05) is 42.5 Å². The molecule has 0 radical (unpaired) electrons. The van der Waals surface area contributed by atoms with Crippen molar-refractivity contribution in [3.05, 3.63) is 71.7 Å². The third kappa shape index (κ3) is 5.93. The molecule has 0 aliphatic rings. The molecule has 0 fully saturated rings. The summed E-state index contributed by atoms with van der Waals surface area (Å²) in [5.74, 6) is 0.970. The Kier molecular flexibility index (Phi) is 6.63. The number of hydrazine groups is 1. The van der Waals surface area contributed by atoms with Crippen LogP contribution in [0.4, 0.5) is 0 Å². The van der Waals surface area contributed by atoms with Crippen molar-refractivity contribution in [3.8, 4) is 17.1 Å². The molecule has 1 heterocycles. The van der Waals surface area contributed by atoms with E-state index < -0.39 is 5.91 Å². The number of aryl methyl sites for hydroxylation is 3.